The number of halogens is 1. The monoisotopic (exact) mass is 437 g/mol. The van der Waals surface area contributed by atoms with Gasteiger partial charge in [0.2, 0.25) is 5.96 Å². The number of aliphatic imine (C=N–C) groups is 2. The highest BCUT2D eigenvalue weighted by Crippen LogP contribution is 2.32. The van der Waals surface area contributed by atoms with Gasteiger partial charge in [-0.05, 0) is 24.3 Å². The van der Waals surface area contributed by atoms with Crippen LogP contribution in [0, 0.1) is 0 Å². The number of nitrogens with two attached hydrogens (primary N) is 1. The van der Waals surface area contributed by atoms with Gasteiger partial charge in [-0.2, -0.15) is 5.10 Å². The molecule has 1 aliphatic heterocycles. The lowest BCUT2D eigenvalue weighted by Crippen LogP contribution is -2.46. The van der Waals surface area contributed by atoms with Crippen LogP contribution in [0.4, 0.5) is 0 Å². The Bertz CT molecular complexity index is 1040. The minimum Gasteiger partial charge on any atom is -0.370 e. The fourth-order valence-corrected chi connectivity index (χ4v) is 3.21. The predicted molar refractivity (Wildman–Crippen MR) is 115 cm³/mol. The van der Waals surface area contributed by atoms with Crippen molar-refractivity contribution in [2.45, 2.75) is 6.17 Å². The molecule has 28 heavy (non-hydrogen) atoms. The highest BCUT2D eigenvalue weighted by molar-refractivity contribution is 9.10. The molecule has 1 aliphatic rings. The number of benzene rings is 2. The van der Waals surface area contributed by atoms with Crippen LogP contribution in [0.3, 0.4) is 0 Å². The van der Waals surface area contributed by atoms with Crippen molar-refractivity contribution < 1.29 is 0 Å². The molecule has 8 heteroatoms. The van der Waals surface area contributed by atoms with Crippen LogP contribution in [-0.2, 0) is 0 Å². The van der Waals surface area contributed by atoms with Gasteiger partial charge in [-0.15, -0.1) is 0 Å². The van der Waals surface area contributed by atoms with Gasteiger partial charge in [-0.3, -0.25) is 5.32 Å². The zero-order valence-corrected chi connectivity index (χ0v) is 17.1. The number of rotatable bonds is 3. The highest BCUT2D eigenvalue weighted by Gasteiger charge is 2.24. The summed E-state index contributed by atoms with van der Waals surface area (Å²) >= 11 is 3.49. The second kappa shape index (κ2) is 7.47. The van der Waals surface area contributed by atoms with E-state index in [1.807, 2.05) is 84.5 Å². The first-order valence-electron chi connectivity index (χ1n) is 8.77. The van der Waals surface area contributed by atoms with Crippen molar-refractivity contribution >= 4 is 27.8 Å². The van der Waals surface area contributed by atoms with Gasteiger partial charge < -0.3 is 10.6 Å². The highest BCUT2D eigenvalue weighted by atomic mass is 79.9. The van der Waals surface area contributed by atoms with Gasteiger partial charge in [-0.25, -0.2) is 14.7 Å². The quantitative estimate of drug-likeness (QED) is 0.658. The Kier molecular flexibility index (Phi) is 4.87. The fraction of sp³-hybridized carbons (Fsp3) is 0.150. The van der Waals surface area contributed by atoms with Gasteiger partial charge in [-0.1, -0.05) is 46.3 Å². The van der Waals surface area contributed by atoms with E-state index in [0.29, 0.717) is 11.9 Å². The first kappa shape index (κ1) is 18.2. The molecule has 0 saturated carbocycles. The largest absolute Gasteiger partial charge is 0.370 e. The molecule has 0 amide bonds. The molecule has 3 N–H and O–H groups in total. The molecule has 0 bridgehead atoms. The summed E-state index contributed by atoms with van der Waals surface area (Å²) in [5.74, 6) is 0.990. The van der Waals surface area contributed by atoms with Gasteiger partial charge in [0.25, 0.3) is 0 Å². The molecule has 0 spiro atoms. The third-order valence-electron chi connectivity index (χ3n) is 4.33. The van der Waals surface area contributed by atoms with E-state index >= 15 is 0 Å². The molecule has 142 valence electrons. The maximum Gasteiger partial charge on any atom is 0.202 e. The van der Waals surface area contributed by atoms with E-state index in [0.717, 1.165) is 27.0 Å². The summed E-state index contributed by atoms with van der Waals surface area (Å²) < 4.78 is 2.86. The lowest BCUT2D eigenvalue weighted by Gasteiger charge is -2.23. The minimum atomic E-state index is -0.477. The van der Waals surface area contributed by atoms with Crippen LogP contribution in [0.1, 0.15) is 11.7 Å². The Labute approximate surface area is 171 Å². The fourth-order valence-electron chi connectivity index (χ4n) is 2.94. The molecular formula is C20H20BrN7. The maximum absolute atomic E-state index is 6.02. The Morgan fingerprint density at radius 2 is 1.75 bits per heavy atom. The standard InChI is InChI=1S/C20H20BrN7/c1-27(2)20-24-18(23-19(22)25-20)16-12-28(15-6-4-3-5-7-15)26-17(16)13-8-10-14(21)11-9-13/h3-12,18H,1-2H3,(H3,22,23,24,25). The Morgan fingerprint density at radius 1 is 1.04 bits per heavy atom. The third-order valence-corrected chi connectivity index (χ3v) is 4.86. The first-order valence-corrected chi connectivity index (χ1v) is 9.57. The van der Waals surface area contributed by atoms with Crippen molar-refractivity contribution in [3.8, 4) is 16.9 Å². The van der Waals surface area contributed by atoms with Crippen LogP contribution < -0.4 is 11.1 Å². The van der Waals surface area contributed by atoms with Crippen LogP contribution in [0.5, 0.6) is 0 Å². The maximum atomic E-state index is 6.02. The number of nitrogens with zero attached hydrogens (tertiary/aromatic N) is 5. The van der Waals surface area contributed by atoms with E-state index in [9.17, 15) is 0 Å². The second-order valence-electron chi connectivity index (χ2n) is 6.58. The number of guanidine groups is 2. The summed E-state index contributed by atoms with van der Waals surface area (Å²) in [5.41, 5.74) is 9.68. The number of nitrogens with one attached hydrogen (secondary N) is 1. The average Bonchev–Trinajstić information content (AvgIpc) is 3.14. The topological polar surface area (TPSA) is 83.8 Å². The van der Waals surface area contributed by atoms with Gasteiger partial charge in [0, 0.05) is 35.9 Å². The molecule has 7 nitrogen and oxygen atoms in total. The van der Waals surface area contributed by atoms with E-state index in [1.54, 1.807) is 0 Å². The van der Waals surface area contributed by atoms with Crippen LogP contribution >= 0.6 is 15.9 Å². The van der Waals surface area contributed by atoms with E-state index in [-0.39, 0.29) is 0 Å². The van der Waals surface area contributed by atoms with Crippen molar-refractivity contribution in [3.63, 3.8) is 0 Å². The Hall–Kier alpha value is -3.13. The molecule has 1 aromatic heterocycles. The van der Waals surface area contributed by atoms with Crippen molar-refractivity contribution in [3.05, 3.63) is 70.8 Å². The molecule has 0 fully saturated rings. The molecule has 0 saturated heterocycles. The summed E-state index contributed by atoms with van der Waals surface area (Å²) in [4.78, 5) is 11.1. The molecule has 2 heterocycles. The molecular weight excluding hydrogens is 418 g/mol. The van der Waals surface area contributed by atoms with Gasteiger partial charge >= 0.3 is 0 Å². The van der Waals surface area contributed by atoms with Crippen molar-refractivity contribution in [1.82, 2.24) is 20.0 Å². The number of hydrogen-bond donors (Lipinski definition) is 2. The average molecular weight is 438 g/mol. The second-order valence-corrected chi connectivity index (χ2v) is 7.50. The van der Waals surface area contributed by atoms with Crippen molar-refractivity contribution in [2.75, 3.05) is 14.1 Å². The normalized spacial score (nSPS) is 16.2. The lowest BCUT2D eigenvalue weighted by atomic mass is 10.1. The molecule has 2 aromatic carbocycles. The number of aromatic nitrogens is 2. The Morgan fingerprint density at radius 3 is 2.43 bits per heavy atom. The van der Waals surface area contributed by atoms with Gasteiger partial charge in [0.1, 0.15) is 5.69 Å². The lowest BCUT2D eigenvalue weighted by molar-refractivity contribution is 0.579. The third kappa shape index (κ3) is 3.63. The zero-order valence-electron chi connectivity index (χ0n) is 15.5. The predicted octanol–water partition coefficient (Wildman–Crippen LogP) is 3.14. The van der Waals surface area contributed by atoms with E-state index in [1.165, 1.54) is 0 Å². The molecule has 1 unspecified atom stereocenters. The summed E-state index contributed by atoms with van der Waals surface area (Å²) in [5, 5.41) is 7.83. The molecule has 3 aromatic rings. The summed E-state index contributed by atoms with van der Waals surface area (Å²) in [6, 6.07) is 18.0. The smallest absolute Gasteiger partial charge is 0.202 e. The number of hydrogen-bond acceptors (Lipinski definition) is 6. The van der Waals surface area contributed by atoms with E-state index < -0.39 is 6.17 Å². The van der Waals surface area contributed by atoms with Crippen LogP contribution in [-0.4, -0.2) is 40.7 Å². The van der Waals surface area contributed by atoms with E-state index in [2.05, 4.69) is 26.2 Å². The van der Waals surface area contributed by atoms with Crippen molar-refractivity contribution in [1.29, 1.82) is 0 Å². The van der Waals surface area contributed by atoms with E-state index in [4.69, 9.17) is 15.8 Å². The van der Waals surface area contributed by atoms with Crippen LogP contribution in [0.25, 0.3) is 16.9 Å². The molecule has 0 aliphatic carbocycles. The summed E-state index contributed by atoms with van der Waals surface area (Å²) in [6.07, 6.45) is 1.49. The summed E-state index contributed by atoms with van der Waals surface area (Å²) in [7, 11) is 3.81. The minimum absolute atomic E-state index is 0.331. The molecule has 4 rings (SSSR count). The zero-order chi connectivity index (χ0) is 19.7. The van der Waals surface area contributed by atoms with Gasteiger partial charge in [0.05, 0.1) is 5.69 Å². The Balaban J connectivity index is 1.86. The molecule has 0 radical (unpaired) electrons. The SMILES string of the molecule is CN(C)C1=NC(c2cn(-c3ccccc3)nc2-c2ccc(Br)cc2)N=C(N)N1. The molecule has 1 atom stereocenters. The van der Waals surface area contributed by atoms with Gasteiger partial charge in [0.15, 0.2) is 12.1 Å². The van der Waals surface area contributed by atoms with Crippen LogP contribution in [0.2, 0.25) is 0 Å². The van der Waals surface area contributed by atoms with Crippen LogP contribution in [0.15, 0.2) is 75.3 Å². The first-order chi connectivity index (χ1) is 13.5. The summed E-state index contributed by atoms with van der Waals surface area (Å²) in [6.45, 7) is 0. The number of para-hydroxylation sites is 1. The van der Waals surface area contributed by atoms with Crippen molar-refractivity contribution in [2.24, 2.45) is 15.7 Å².